The molecule has 0 saturated heterocycles. The summed E-state index contributed by atoms with van der Waals surface area (Å²) in [5, 5.41) is 10.4. The number of fused-ring (bicyclic) bond motifs is 1. The molecule has 102 valence electrons. The maximum atomic E-state index is 13.7. The molecule has 0 amide bonds. The fraction of sp³-hybridized carbons (Fsp3) is 0. The molecule has 0 saturated carbocycles. The van der Waals surface area contributed by atoms with E-state index in [1.54, 1.807) is 18.2 Å². The molecule has 5 heteroatoms. The number of nitrogens with zero attached hydrogens (tertiary/aromatic N) is 2. The number of hydrogen-bond donors (Lipinski definition) is 0. The van der Waals surface area contributed by atoms with Gasteiger partial charge in [0.25, 0.3) is 0 Å². The van der Waals surface area contributed by atoms with Gasteiger partial charge >= 0.3 is 0 Å². The molecular weight excluding hydrogens is 290 g/mol. The maximum Gasteiger partial charge on any atom is 0.137 e. The van der Waals surface area contributed by atoms with Crippen molar-refractivity contribution in [3.63, 3.8) is 0 Å². The summed E-state index contributed by atoms with van der Waals surface area (Å²) in [7, 11) is 0. The van der Waals surface area contributed by atoms with Crippen LogP contribution < -0.4 is 0 Å². The van der Waals surface area contributed by atoms with E-state index in [9.17, 15) is 14.0 Å². The number of para-hydroxylation sites is 1. The van der Waals surface area contributed by atoms with Crippen LogP contribution in [0.1, 0.15) is 5.56 Å². The highest BCUT2D eigenvalue weighted by Gasteiger charge is 2.10. The minimum absolute atomic E-state index is 0.140. The molecule has 0 aliphatic rings. The SMILES string of the molecule is N#Cc1cc(Sc2cc(F)ccc2F)nc2ccccc12. The van der Waals surface area contributed by atoms with Crippen molar-refractivity contribution in [3.05, 3.63) is 65.7 Å². The Kier molecular flexibility index (Phi) is 3.55. The minimum Gasteiger partial charge on any atom is -0.241 e. The Labute approximate surface area is 124 Å². The number of hydrogen-bond acceptors (Lipinski definition) is 3. The Bertz CT molecular complexity index is 872. The number of benzene rings is 2. The van der Waals surface area contributed by atoms with Crippen LogP contribution in [0.15, 0.2) is 58.5 Å². The Morgan fingerprint density at radius 1 is 1.05 bits per heavy atom. The molecule has 0 aliphatic carbocycles. The molecule has 21 heavy (non-hydrogen) atoms. The van der Waals surface area contributed by atoms with E-state index in [1.165, 1.54) is 0 Å². The fourth-order valence-corrected chi connectivity index (χ4v) is 2.85. The second-order valence-corrected chi connectivity index (χ2v) is 5.38. The van der Waals surface area contributed by atoms with E-state index < -0.39 is 11.6 Å². The highest BCUT2D eigenvalue weighted by atomic mass is 32.2. The van der Waals surface area contributed by atoms with Gasteiger partial charge in [0.2, 0.25) is 0 Å². The van der Waals surface area contributed by atoms with Crippen LogP contribution in [-0.2, 0) is 0 Å². The quantitative estimate of drug-likeness (QED) is 0.697. The molecule has 0 spiro atoms. The van der Waals surface area contributed by atoms with Gasteiger partial charge in [0, 0.05) is 5.39 Å². The molecule has 2 aromatic carbocycles. The molecule has 3 aromatic rings. The number of aromatic nitrogens is 1. The van der Waals surface area contributed by atoms with E-state index in [4.69, 9.17) is 0 Å². The van der Waals surface area contributed by atoms with Crippen LogP contribution in [0.2, 0.25) is 0 Å². The van der Waals surface area contributed by atoms with Crippen LogP contribution in [0.25, 0.3) is 10.9 Å². The van der Waals surface area contributed by atoms with E-state index in [2.05, 4.69) is 11.1 Å². The van der Waals surface area contributed by atoms with Gasteiger partial charge in [-0.1, -0.05) is 30.0 Å². The van der Waals surface area contributed by atoms with Crippen LogP contribution in [0, 0.1) is 23.0 Å². The summed E-state index contributed by atoms with van der Waals surface area (Å²) in [4.78, 5) is 4.51. The maximum absolute atomic E-state index is 13.7. The van der Waals surface area contributed by atoms with Gasteiger partial charge in [-0.3, -0.25) is 0 Å². The monoisotopic (exact) mass is 298 g/mol. The summed E-state index contributed by atoms with van der Waals surface area (Å²) in [5.41, 5.74) is 1.11. The number of nitriles is 1. The Balaban J connectivity index is 2.09. The third kappa shape index (κ3) is 2.71. The molecule has 0 N–H and O–H groups in total. The lowest BCUT2D eigenvalue weighted by Gasteiger charge is -2.06. The zero-order valence-corrected chi connectivity index (χ0v) is 11.5. The summed E-state index contributed by atoms with van der Waals surface area (Å²) in [6.07, 6.45) is 0. The second-order valence-electron chi connectivity index (χ2n) is 4.31. The third-order valence-corrected chi connectivity index (χ3v) is 3.87. The minimum atomic E-state index is -0.519. The van der Waals surface area contributed by atoms with Crippen molar-refractivity contribution in [1.29, 1.82) is 5.26 Å². The Morgan fingerprint density at radius 2 is 1.86 bits per heavy atom. The van der Waals surface area contributed by atoms with Crippen molar-refractivity contribution in [1.82, 2.24) is 4.98 Å². The van der Waals surface area contributed by atoms with E-state index in [-0.39, 0.29) is 4.90 Å². The highest BCUT2D eigenvalue weighted by molar-refractivity contribution is 7.99. The number of rotatable bonds is 2. The second kappa shape index (κ2) is 5.51. The standard InChI is InChI=1S/C16H8F2N2S/c17-11-5-6-13(18)15(8-11)21-16-7-10(9-19)12-3-1-2-4-14(12)20-16/h1-8H. The number of halogens is 2. The van der Waals surface area contributed by atoms with Gasteiger partial charge in [-0.05, 0) is 30.3 Å². The first-order valence-electron chi connectivity index (χ1n) is 6.10. The molecule has 0 unspecified atom stereocenters. The predicted octanol–water partition coefficient (Wildman–Crippen LogP) is 4.54. The number of pyridine rings is 1. The van der Waals surface area contributed by atoms with Gasteiger partial charge in [0.15, 0.2) is 0 Å². The average Bonchev–Trinajstić information content (AvgIpc) is 2.50. The van der Waals surface area contributed by atoms with E-state index >= 15 is 0 Å². The molecule has 3 rings (SSSR count). The van der Waals surface area contributed by atoms with Crippen molar-refractivity contribution >= 4 is 22.7 Å². The summed E-state index contributed by atoms with van der Waals surface area (Å²) >= 11 is 0.996. The summed E-state index contributed by atoms with van der Waals surface area (Å²) in [6.45, 7) is 0. The highest BCUT2D eigenvalue weighted by Crippen LogP contribution is 2.31. The first-order chi connectivity index (χ1) is 10.2. The van der Waals surface area contributed by atoms with Crippen molar-refractivity contribution in [2.24, 2.45) is 0 Å². The van der Waals surface area contributed by atoms with Crippen molar-refractivity contribution in [2.75, 3.05) is 0 Å². The third-order valence-electron chi connectivity index (χ3n) is 2.92. The lowest BCUT2D eigenvalue weighted by molar-refractivity contribution is 0.577. The molecule has 0 atom stereocenters. The zero-order valence-electron chi connectivity index (χ0n) is 10.7. The summed E-state index contributed by atoms with van der Waals surface area (Å²) < 4.78 is 26.9. The van der Waals surface area contributed by atoms with E-state index in [1.807, 2.05) is 12.1 Å². The van der Waals surface area contributed by atoms with E-state index in [0.717, 1.165) is 35.3 Å². The van der Waals surface area contributed by atoms with Gasteiger partial charge in [-0.2, -0.15) is 5.26 Å². The molecular formula is C16H8F2N2S. The van der Waals surface area contributed by atoms with Gasteiger partial charge < -0.3 is 0 Å². The van der Waals surface area contributed by atoms with Crippen LogP contribution in [0.3, 0.4) is 0 Å². The molecule has 1 heterocycles. The van der Waals surface area contributed by atoms with Crippen molar-refractivity contribution in [3.8, 4) is 6.07 Å². The van der Waals surface area contributed by atoms with Gasteiger partial charge in [-0.15, -0.1) is 0 Å². The first kappa shape index (κ1) is 13.5. The lowest BCUT2D eigenvalue weighted by Crippen LogP contribution is -1.89. The van der Waals surface area contributed by atoms with E-state index in [0.29, 0.717) is 16.1 Å². The molecule has 0 aliphatic heterocycles. The Morgan fingerprint density at radius 3 is 2.67 bits per heavy atom. The Hall–Kier alpha value is -2.45. The molecule has 0 bridgehead atoms. The van der Waals surface area contributed by atoms with Gasteiger partial charge in [-0.25, -0.2) is 13.8 Å². The topological polar surface area (TPSA) is 36.7 Å². The van der Waals surface area contributed by atoms with Crippen LogP contribution in [-0.4, -0.2) is 4.98 Å². The predicted molar refractivity (Wildman–Crippen MR) is 76.9 cm³/mol. The molecule has 0 fully saturated rings. The smallest absolute Gasteiger partial charge is 0.137 e. The zero-order chi connectivity index (χ0) is 14.8. The molecule has 2 nitrogen and oxygen atoms in total. The normalized spacial score (nSPS) is 10.5. The van der Waals surface area contributed by atoms with Crippen molar-refractivity contribution in [2.45, 2.75) is 9.92 Å². The van der Waals surface area contributed by atoms with Crippen molar-refractivity contribution < 1.29 is 8.78 Å². The van der Waals surface area contributed by atoms with Gasteiger partial charge in [0.1, 0.15) is 16.7 Å². The van der Waals surface area contributed by atoms with Crippen LogP contribution >= 0.6 is 11.8 Å². The largest absolute Gasteiger partial charge is 0.241 e. The first-order valence-corrected chi connectivity index (χ1v) is 6.92. The van der Waals surface area contributed by atoms with Crippen LogP contribution in [0.4, 0.5) is 8.78 Å². The summed E-state index contributed by atoms with van der Waals surface area (Å²) in [5.74, 6) is -1.03. The summed E-state index contributed by atoms with van der Waals surface area (Å²) in [6, 6.07) is 14.2. The lowest BCUT2D eigenvalue weighted by atomic mass is 10.1. The average molecular weight is 298 g/mol. The molecule has 0 radical (unpaired) electrons. The van der Waals surface area contributed by atoms with Gasteiger partial charge in [0.05, 0.1) is 22.0 Å². The molecule has 1 aromatic heterocycles. The fourth-order valence-electron chi connectivity index (χ4n) is 1.96. The van der Waals surface area contributed by atoms with Crippen LogP contribution in [0.5, 0.6) is 0 Å².